The Bertz CT molecular complexity index is 601. The van der Waals surface area contributed by atoms with E-state index in [9.17, 15) is 4.79 Å². The lowest BCUT2D eigenvalue weighted by molar-refractivity contribution is -0.115. The van der Waals surface area contributed by atoms with Crippen LogP contribution in [0.5, 0.6) is 0 Å². The summed E-state index contributed by atoms with van der Waals surface area (Å²) in [7, 11) is 0. The molecule has 0 heterocycles. The standard InChI is InChI=1S/C16H16ClNOS/c1-11-8-9-13(10-15(11)17)18-16(19)12(2)20-14-6-4-3-5-7-14/h3-10,12H,1-2H3,(H,18,19)/t12-/m1/s1. The number of anilines is 1. The fourth-order valence-corrected chi connectivity index (χ4v) is 2.74. The van der Waals surface area contributed by atoms with Crippen LogP contribution >= 0.6 is 23.4 Å². The van der Waals surface area contributed by atoms with Crippen molar-refractivity contribution in [3.8, 4) is 0 Å². The molecule has 0 saturated heterocycles. The van der Waals surface area contributed by atoms with Gasteiger partial charge in [-0.15, -0.1) is 11.8 Å². The second-order valence-corrected chi connectivity index (χ2v) is 6.35. The first-order valence-corrected chi connectivity index (χ1v) is 7.61. The average Bonchev–Trinajstić information content (AvgIpc) is 2.44. The molecular formula is C16H16ClNOS. The minimum absolute atomic E-state index is 0.0289. The van der Waals surface area contributed by atoms with Gasteiger partial charge in [0.2, 0.25) is 5.91 Å². The van der Waals surface area contributed by atoms with E-state index in [1.54, 1.807) is 6.07 Å². The number of nitrogens with one attached hydrogen (secondary N) is 1. The third-order valence-corrected chi connectivity index (χ3v) is 4.38. The predicted octanol–water partition coefficient (Wildman–Crippen LogP) is 4.77. The van der Waals surface area contributed by atoms with Crippen molar-refractivity contribution in [2.75, 3.05) is 5.32 Å². The van der Waals surface area contributed by atoms with Gasteiger partial charge in [0.15, 0.2) is 0 Å². The van der Waals surface area contributed by atoms with Crippen LogP contribution in [0.3, 0.4) is 0 Å². The normalized spacial score (nSPS) is 11.9. The summed E-state index contributed by atoms with van der Waals surface area (Å²) in [5, 5.41) is 3.38. The summed E-state index contributed by atoms with van der Waals surface area (Å²) in [6.07, 6.45) is 0. The van der Waals surface area contributed by atoms with Crippen molar-refractivity contribution in [2.24, 2.45) is 0 Å². The Morgan fingerprint density at radius 2 is 1.90 bits per heavy atom. The van der Waals surface area contributed by atoms with Crippen LogP contribution < -0.4 is 5.32 Å². The lowest BCUT2D eigenvalue weighted by atomic mass is 10.2. The Kier molecular flexibility index (Phi) is 5.10. The Morgan fingerprint density at radius 1 is 1.20 bits per heavy atom. The summed E-state index contributed by atoms with van der Waals surface area (Å²) in [6.45, 7) is 3.82. The Hall–Kier alpha value is -1.45. The third-order valence-electron chi connectivity index (χ3n) is 2.86. The molecule has 2 nitrogen and oxygen atoms in total. The molecule has 20 heavy (non-hydrogen) atoms. The molecule has 0 aliphatic carbocycles. The molecule has 0 spiro atoms. The van der Waals surface area contributed by atoms with E-state index in [1.807, 2.05) is 56.3 Å². The SMILES string of the molecule is Cc1ccc(NC(=O)[C@@H](C)Sc2ccccc2)cc1Cl. The van der Waals surface area contributed by atoms with Gasteiger partial charge >= 0.3 is 0 Å². The fourth-order valence-electron chi connectivity index (χ4n) is 1.67. The molecule has 104 valence electrons. The van der Waals surface area contributed by atoms with Crippen molar-refractivity contribution < 1.29 is 4.79 Å². The number of hydrogen-bond donors (Lipinski definition) is 1. The first-order chi connectivity index (χ1) is 9.56. The van der Waals surface area contributed by atoms with Gasteiger partial charge in [0, 0.05) is 15.6 Å². The Morgan fingerprint density at radius 3 is 2.55 bits per heavy atom. The molecule has 0 aromatic heterocycles. The van der Waals surface area contributed by atoms with Gasteiger partial charge in [-0.05, 0) is 43.7 Å². The van der Waals surface area contributed by atoms with Crippen LogP contribution in [0.15, 0.2) is 53.4 Å². The quantitative estimate of drug-likeness (QED) is 0.825. The zero-order valence-corrected chi connectivity index (χ0v) is 13.0. The smallest absolute Gasteiger partial charge is 0.237 e. The summed E-state index contributed by atoms with van der Waals surface area (Å²) in [4.78, 5) is 13.2. The maximum atomic E-state index is 12.1. The van der Waals surface area contributed by atoms with Crippen molar-refractivity contribution in [3.63, 3.8) is 0 Å². The molecule has 0 fully saturated rings. The molecule has 0 saturated carbocycles. The summed E-state index contributed by atoms with van der Waals surface area (Å²) < 4.78 is 0. The molecule has 0 aliphatic rings. The number of amides is 1. The first kappa shape index (κ1) is 14.9. The van der Waals surface area contributed by atoms with Crippen LogP contribution in [0.4, 0.5) is 5.69 Å². The van der Waals surface area contributed by atoms with E-state index in [0.717, 1.165) is 16.1 Å². The number of carbonyl (C=O) groups is 1. The van der Waals surface area contributed by atoms with Gasteiger partial charge in [-0.25, -0.2) is 0 Å². The van der Waals surface area contributed by atoms with E-state index in [1.165, 1.54) is 11.8 Å². The maximum absolute atomic E-state index is 12.1. The molecule has 0 aliphatic heterocycles. The van der Waals surface area contributed by atoms with E-state index in [2.05, 4.69) is 5.32 Å². The zero-order chi connectivity index (χ0) is 14.5. The number of halogens is 1. The number of benzene rings is 2. The third kappa shape index (κ3) is 4.02. The van der Waals surface area contributed by atoms with Gasteiger partial charge in [-0.1, -0.05) is 35.9 Å². The molecule has 0 bridgehead atoms. The first-order valence-electron chi connectivity index (χ1n) is 6.35. The highest BCUT2D eigenvalue weighted by Gasteiger charge is 2.14. The van der Waals surface area contributed by atoms with Crippen molar-refractivity contribution in [3.05, 3.63) is 59.1 Å². The molecule has 1 N–H and O–H groups in total. The van der Waals surface area contributed by atoms with Gasteiger partial charge in [0.1, 0.15) is 0 Å². The van der Waals surface area contributed by atoms with Crippen LogP contribution in [0, 0.1) is 6.92 Å². The number of hydrogen-bond acceptors (Lipinski definition) is 2. The lowest BCUT2D eigenvalue weighted by Crippen LogP contribution is -2.22. The number of carbonyl (C=O) groups excluding carboxylic acids is 1. The number of rotatable bonds is 4. The van der Waals surface area contributed by atoms with Gasteiger partial charge in [-0.3, -0.25) is 4.79 Å². The Balaban J connectivity index is 1.99. The molecule has 2 aromatic carbocycles. The molecule has 1 amide bonds. The van der Waals surface area contributed by atoms with E-state index in [0.29, 0.717) is 5.02 Å². The second-order valence-electron chi connectivity index (χ2n) is 4.53. The van der Waals surface area contributed by atoms with E-state index < -0.39 is 0 Å². The minimum atomic E-state index is -0.169. The topological polar surface area (TPSA) is 29.1 Å². The zero-order valence-electron chi connectivity index (χ0n) is 11.4. The van der Waals surface area contributed by atoms with Crippen LogP contribution in [-0.4, -0.2) is 11.2 Å². The highest BCUT2D eigenvalue weighted by atomic mass is 35.5. The van der Waals surface area contributed by atoms with E-state index >= 15 is 0 Å². The summed E-state index contributed by atoms with van der Waals surface area (Å²) in [5.41, 5.74) is 1.72. The molecule has 4 heteroatoms. The molecule has 0 radical (unpaired) electrons. The Labute approximate surface area is 128 Å². The number of aryl methyl sites for hydroxylation is 1. The summed E-state index contributed by atoms with van der Waals surface area (Å²) in [6, 6.07) is 15.4. The molecule has 1 atom stereocenters. The van der Waals surface area contributed by atoms with Gasteiger partial charge < -0.3 is 5.32 Å². The van der Waals surface area contributed by atoms with Crippen molar-refractivity contribution in [1.29, 1.82) is 0 Å². The van der Waals surface area contributed by atoms with Crippen molar-refractivity contribution in [2.45, 2.75) is 24.0 Å². The number of thioether (sulfide) groups is 1. The molecule has 2 rings (SSSR count). The van der Waals surface area contributed by atoms with E-state index in [4.69, 9.17) is 11.6 Å². The molecular weight excluding hydrogens is 290 g/mol. The summed E-state index contributed by atoms with van der Waals surface area (Å²) >= 11 is 7.58. The second kappa shape index (κ2) is 6.82. The largest absolute Gasteiger partial charge is 0.325 e. The average molecular weight is 306 g/mol. The lowest BCUT2D eigenvalue weighted by Gasteiger charge is -2.12. The van der Waals surface area contributed by atoms with Crippen molar-refractivity contribution in [1.82, 2.24) is 0 Å². The van der Waals surface area contributed by atoms with Gasteiger partial charge in [-0.2, -0.15) is 0 Å². The highest BCUT2D eigenvalue weighted by Crippen LogP contribution is 2.25. The van der Waals surface area contributed by atoms with Crippen LogP contribution in [0.2, 0.25) is 5.02 Å². The van der Waals surface area contributed by atoms with Gasteiger partial charge in [0.25, 0.3) is 0 Å². The minimum Gasteiger partial charge on any atom is -0.325 e. The van der Waals surface area contributed by atoms with Gasteiger partial charge in [0.05, 0.1) is 5.25 Å². The van der Waals surface area contributed by atoms with Crippen LogP contribution in [0.1, 0.15) is 12.5 Å². The van der Waals surface area contributed by atoms with Crippen LogP contribution in [-0.2, 0) is 4.79 Å². The van der Waals surface area contributed by atoms with E-state index in [-0.39, 0.29) is 11.2 Å². The maximum Gasteiger partial charge on any atom is 0.237 e. The molecule has 2 aromatic rings. The van der Waals surface area contributed by atoms with Crippen molar-refractivity contribution >= 4 is 35.0 Å². The summed E-state index contributed by atoms with van der Waals surface area (Å²) in [5.74, 6) is -0.0289. The fraction of sp³-hybridized carbons (Fsp3) is 0.188. The predicted molar refractivity (Wildman–Crippen MR) is 86.6 cm³/mol. The monoisotopic (exact) mass is 305 g/mol. The molecule has 0 unspecified atom stereocenters. The van der Waals surface area contributed by atoms with Crippen LogP contribution in [0.25, 0.3) is 0 Å². The highest BCUT2D eigenvalue weighted by molar-refractivity contribution is 8.00.